The van der Waals surface area contributed by atoms with E-state index in [9.17, 15) is 22.0 Å². The lowest BCUT2D eigenvalue weighted by molar-refractivity contribution is 0.215. The Labute approximate surface area is 158 Å². The first-order valence-corrected chi connectivity index (χ1v) is 9.70. The van der Waals surface area contributed by atoms with Gasteiger partial charge in [-0.25, -0.2) is 32.0 Å². The fourth-order valence-corrected chi connectivity index (χ4v) is 3.47. The third-order valence-electron chi connectivity index (χ3n) is 3.52. The van der Waals surface area contributed by atoms with E-state index in [0.29, 0.717) is 17.6 Å². The number of carbonyl (C=O) groups is 1. The van der Waals surface area contributed by atoms with E-state index in [1.165, 1.54) is 18.6 Å². The summed E-state index contributed by atoms with van der Waals surface area (Å²) < 4.78 is 59.0. The number of carbonyl (C=O) groups excluding carboxylic acids is 1. The zero-order chi connectivity index (χ0) is 20.3. The SMILES string of the molecule is CCCS(=O)(=O)Nc1ccc(F)c(NC(=O)Oc2cnc3nc[nH]c3c2)c1F. The first-order chi connectivity index (χ1) is 13.3. The lowest BCUT2D eigenvalue weighted by atomic mass is 10.2. The Hall–Kier alpha value is -3.28. The van der Waals surface area contributed by atoms with Crippen LogP contribution in [0.25, 0.3) is 11.2 Å². The highest BCUT2D eigenvalue weighted by Gasteiger charge is 2.20. The molecular formula is C16H15F2N5O4S. The summed E-state index contributed by atoms with van der Waals surface area (Å²) in [5.41, 5.74) is -0.449. The third kappa shape index (κ3) is 4.34. The Balaban J connectivity index is 1.78. The molecule has 3 N–H and O–H groups in total. The van der Waals surface area contributed by atoms with Crippen LogP contribution in [0, 0.1) is 11.6 Å². The van der Waals surface area contributed by atoms with Crippen molar-refractivity contribution in [2.24, 2.45) is 0 Å². The molecule has 0 saturated heterocycles. The van der Waals surface area contributed by atoms with Crippen LogP contribution in [0.2, 0.25) is 0 Å². The van der Waals surface area contributed by atoms with E-state index < -0.39 is 39.1 Å². The van der Waals surface area contributed by atoms with E-state index >= 15 is 0 Å². The molecule has 0 atom stereocenters. The van der Waals surface area contributed by atoms with Crippen LogP contribution in [0.4, 0.5) is 25.0 Å². The standard InChI is InChI=1S/C16H15F2N5O4S/c1-2-5-28(25,26)23-11-4-3-10(17)14(13(11)18)22-16(24)27-9-6-12-15(19-7-9)21-8-20-12/h3-4,6-8,23H,2,5H2,1H3,(H,22,24)(H,19,20,21). The van der Waals surface area contributed by atoms with E-state index in [1.807, 2.05) is 10.0 Å². The molecular weight excluding hydrogens is 396 g/mol. The van der Waals surface area contributed by atoms with Gasteiger partial charge in [0.2, 0.25) is 10.0 Å². The predicted octanol–water partition coefficient (Wildman–Crippen LogP) is 3.00. The maximum atomic E-state index is 14.5. The molecule has 0 aliphatic rings. The van der Waals surface area contributed by atoms with Crippen molar-refractivity contribution in [3.63, 3.8) is 0 Å². The molecule has 2 aromatic heterocycles. The quantitative estimate of drug-likeness (QED) is 0.572. The van der Waals surface area contributed by atoms with Gasteiger partial charge in [-0.1, -0.05) is 6.92 Å². The van der Waals surface area contributed by atoms with Gasteiger partial charge in [0.05, 0.1) is 29.5 Å². The van der Waals surface area contributed by atoms with Crippen LogP contribution >= 0.6 is 0 Å². The first kappa shape index (κ1) is 19.5. The number of hydrogen-bond acceptors (Lipinski definition) is 6. The van der Waals surface area contributed by atoms with Gasteiger partial charge in [0.1, 0.15) is 11.5 Å². The van der Waals surface area contributed by atoms with Crippen LogP contribution in [0.15, 0.2) is 30.7 Å². The van der Waals surface area contributed by atoms with E-state index in [4.69, 9.17) is 4.74 Å². The van der Waals surface area contributed by atoms with Crippen LogP contribution in [0.5, 0.6) is 5.75 Å². The van der Waals surface area contributed by atoms with Gasteiger partial charge in [0.25, 0.3) is 0 Å². The Morgan fingerprint density at radius 2 is 2.07 bits per heavy atom. The molecule has 3 rings (SSSR count). The number of pyridine rings is 1. The Bertz CT molecular complexity index is 1130. The molecule has 0 fully saturated rings. The summed E-state index contributed by atoms with van der Waals surface area (Å²) in [6.45, 7) is 1.64. The molecule has 0 unspecified atom stereocenters. The number of hydrogen-bond donors (Lipinski definition) is 3. The van der Waals surface area contributed by atoms with Gasteiger partial charge < -0.3 is 9.72 Å². The van der Waals surface area contributed by atoms with Crippen LogP contribution in [-0.2, 0) is 10.0 Å². The number of benzene rings is 1. The minimum absolute atomic E-state index is 0.00914. The fraction of sp³-hybridized carbons (Fsp3) is 0.188. The van der Waals surface area contributed by atoms with Crippen LogP contribution in [0.3, 0.4) is 0 Å². The Morgan fingerprint density at radius 1 is 1.29 bits per heavy atom. The molecule has 9 nitrogen and oxygen atoms in total. The molecule has 1 amide bonds. The summed E-state index contributed by atoms with van der Waals surface area (Å²) in [6, 6.07) is 3.17. The zero-order valence-corrected chi connectivity index (χ0v) is 15.3. The molecule has 2 heterocycles. The molecule has 28 heavy (non-hydrogen) atoms. The van der Waals surface area contributed by atoms with Crippen molar-refractivity contribution in [2.45, 2.75) is 13.3 Å². The van der Waals surface area contributed by atoms with Gasteiger partial charge in [0.15, 0.2) is 17.2 Å². The van der Waals surface area contributed by atoms with Crippen molar-refractivity contribution in [1.82, 2.24) is 15.0 Å². The van der Waals surface area contributed by atoms with Gasteiger partial charge in [-0.3, -0.25) is 10.0 Å². The number of anilines is 2. The summed E-state index contributed by atoms with van der Waals surface area (Å²) in [4.78, 5) is 22.6. The molecule has 1 aromatic carbocycles. The number of nitrogens with one attached hydrogen (secondary N) is 3. The number of amides is 1. The maximum absolute atomic E-state index is 14.5. The minimum atomic E-state index is -3.80. The summed E-state index contributed by atoms with van der Waals surface area (Å²) in [5.74, 6) is -2.61. The second-order valence-electron chi connectivity index (χ2n) is 5.66. The van der Waals surface area contributed by atoms with E-state index in [1.54, 1.807) is 6.92 Å². The summed E-state index contributed by atoms with van der Waals surface area (Å²) in [5, 5.41) is 1.93. The van der Waals surface area contributed by atoms with E-state index in [2.05, 4.69) is 15.0 Å². The Morgan fingerprint density at radius 3 is 2.82 bits per heavy atom. The van der Waals surface area contributed by atoms with Crippen molar-refractivity contribution < 1.29 is 26.7 Å². The fourth-order valence-electron chi connectivity index (χ4n) is 2.33. The zero-order valence-electron chi connectivity index (χ0n) is 14.5. The number of aromatic amines is 1. The minimum Gasteiger partial charge on any atom is -0.408 e. The monoisotopic (exact) mass is 411 g/mol. The number of nitrogens with zero attached hydrogens (tertiary/aromatic N) is 2. The highest BCUT2D eigenvalue weighted by atomic mass is 32.2. The topological polar surface area (TPSA) is 126 Å². The largest absolute Gasteiger partial charge is 0.417 e. The van der Waals surface area contributed by atoms with E-state index in [0.717, 1.165) is 12.1 Å². The highest BCUT2D eigenvalue weighted by molar-refractivity contribution is 7.92. The van der Waals surface area contributed by atoms with Gasteiger partial charge >= 0.3 is 6.09 Å². The second kappa shape index (κ2) is 7.76. The van der Waals surface area contributed by atoms with Crippen molar-refractivity contribution in [2.75, 3.05) is 15.8 Å². The second-order valence-corrected chi connectivity index (χ2v) is 7.51. The molecule has 0 bridgehead atoms. The van der Waals surface area contributed by atoms with Crippen molar-refractivity contribution in [3.05, 3.63) is 42.4 Å². The lowest BCUT2D eigenvalue weighted by Crippen LogP contribution is -2.21. The van der Waals surface area contributed by atoms with E-state index in [-0.39, 0.29) is 11.5 Å². The highest BCUT2D eigenvalue weighted by Crippen LogP contribution is 2.27. The van der Waals surface area contributed by atoms with Crippen LogP contribution in [0.1, 0.15) is 13.3 Å². The summed E-state index contributed by atoms with van der Waals surface area (Å²) >= 11 is 0. The Kier molecular flexibility index (Phi) is 5.40. The van der Waals surface area contributed by atoms with Crippen molar-refractivity contribution in [1.29, 1.82) is 0 Å². The van der Waals surface area contributed by atoms with Gasteiger partial charge in [-0.05, 0) is 18.6 Å². The molecule has 0 saturated carbocycles. The molecule has 3 aromatic rings. The normalized spacial score (nSPS) is 11.4. The number of imidazole rings is 1. The molecule has 0 radical (unpaired) electrons. The number of fused-ring (bicyclic) bond motifs is 1. The lowest BCUT2D eigenvalue weighted by Gasteiger charge is -2.13. The van der Waals surface area contributed by atoms with Gasteiger partial charge in [-0.2, -0.15) is 0 Å². The summed E-state index contributed by atoms with van der Waals surface area (Å²) in [6.07, 6.45) is 1.74. The summed E-state index contributed by atoms with van der Waals surface area (Å²) in [7, 11) is -3.80. The maximum Gasteiger partial charge on any atom is 0.417 e. The predicted molar refractivity (Wildman–Crippen MR) is 97.6 cm³/mol. The van der Waals surface area contributed by atoms with Crippen LogP contribution in [-0.4, -0.2) is 35.2 Å². The molecule has 0 spiro atoms. The number of H-pyrrole nitrogens is 1. The van der Waals surface area contributed by atoms with Crippen molar-refractivity contribution >= 4 is 38.7 Å². The third-order valence-corrected chi connectivity index (χ3v) is 4.99. The average Bonchev–Trinajstić information content (AvgIpc) is 3.09. The van der Waals surface area contributed by atoms with Gasteiger partial charge in [0, 0.05) is 6.07 Å². The van der Waals surface area contributed by atoms with Crippen molar-refractivity contribution in [3.8, 4) is 5.75 Å². The number of sulfonamides is 1. The number of rotatable bonds is 6. The van der Waals surface area contributed by atoms with Crippen LogP contribution < -0.4 is 14.8 Å². The smallest absolute Gasteiger partial charge is 0.408 e. The van der Waals surface area contributed by atoms with Gasteiger partial charge in [-0.15, -0.1) is 0 Å². The molecule has 0 aliphatic heterocycles. The average molecular weight is 411 g/mol. The first-order valence-electron chi connectivity index (χ1n) is 8.05. The number of halogens is 2. The number of aromatic nitrogens is 3. The molecule has 12 heteroatoms. The molecule has 0 aliphatic carbocycles. The molecule has 148 valence electrons. The number of ether oxygens (including phenoxy) is 1.